The van der Waals surface area contributed by atoms with Crippen LogP contribution in [-0.4, -0.2) is 12.2 Å². The van der Waals surface area contributed by atoms with Gasteiger partial charge in [0, 0.05) is 12.7 Å². The molecule has 1 rings (SSSR count). The van der Waals surface area contributed by atoms with E-state index in [4.69, 9.17) is 4.74 Å². The third-order valence-electron chi connectivity index (χ3n) is 1.55. The van der Waals surface area contributed by atoms with Crippen molar-refractivity contribution in [2.45, 2.75) is 13.2 Å². The monoisotopic (exact) mass is 152 g/mol. The second-order valence-electron chi connectivity index (χ2n) is 2.50. The van der Waals surface area contributed by atoms with Crippen LogP contribution in [0.5, 0.6) is 0 Å². The van der Waals surface area contributed by atoms with Gasteiger partial charge in [-0.15, -0.1) is 0 Å². The highest BCUT2D eigenvalue weighted by atomic mass is 16.6. The molecule has 0 aromatic heterocycles. The van der Waals surface area contributed by atoms with E-state index in [9.17, 15) is 5.11 Å². The van der Waals surface area contributed by atoms with Gasteiger partial charge in [0.15, 0.2) is 6.29 Å². The molecule has 0 fully saturated rings. The predicted molar refractivity (Wildman–Crippen MR) is 43.1 cm³/mol. The van der Waals surface area contributed by atoms with Gasteiger partial charge in [0.2, 0.25) is 0 Å². The van der Waals surface area contributed by atoms with Crippen LogP contribution in [0.3, 0.4) is 0 Å². The van der Waals surface area contributed by atoms with Gasteiger partial charge in [0.25, 0.3) is 0 Å². The van der Waals surface area contributed by atoms with E-state index in [1.807, 2.05) is 31.2 Å². The minimum atomic E-state index is -0.796. The predicted octanol–water partition coefficient (Wildman–Crippen LogP) is 1.63. The molecular formula is C9H12O2. The molecule has 0 radical (unpaired) electrons. The number of hydrogen-bond acceptors (Lipinski definition) is 2. The molecule has 0 saturated heterocycles. The number of aliphatic hydroxyl groups is 1. The summed E-state index contributed by atoms with van der Waals surface area (Å²) in [6, 6.07) is 7.61. The van der Waals surface area contributed by atoms with E-state index in [2.05, 4.69) is 0 Å². The lowest BCUT2D eigenvalue weighted by Gasteiger charge is -2.08. The quantitative estimate of drug-likeness (QED) is 0.653. The third-order valence-corrected chi connectivity index (χ3v) is 1.55. The Bertz CT molecular complexity index is 233. The van der Waals surface area contributed by atoms with Crippen LogP contribution in [0.4, 0.5) is 0 Å². The molecule has 0 aliphatic rings. The van der Waals surface area contributed by atoms with Gasteiger partial charge in [-0.3, -0.25) is 0 Å². The Hall–Kier alpha value is -0.860. The highest BCUT2D eigenvalue weighted by molar-refractivity contribution is 5.22. The zero-order valence-electron chi connectivity index (χ0n) is 6.74. The number of hydrogen-bond donors (Lipinski definition) is 1. The minimum Gasteiger partial charge on any atom is -0.364 e. The van der Waals surface area contributed by atoms with Gasteiger partial charge in [0.05, 0.1) is 0 Å². The summed E-state index contributed by atoms with van der Waals surface area (Å²) in [4.78, 5) is 0. The average molecular weight is 152 g/mol. The molecule has 1 aromatic carbocycles. The van der Waals surface area contributed by atoms with Crippen molar-refractivity contribution in [2.75, 3.05) is 7.11 Å². The fraction of sp³-hybridized carbons (Fsp3) is 0.333. The highest BCUT2D eigenvalue weighted by Crippen LogP contribution is 2.13. The largest absolute Gasteiger partial charge is 0.364 e. The number of aryl methyl sites for hydroxylation is 1. The number of ether oxygens (including phenoxy) is 1. The summed E-state index contributed by atoms with van der Waals surface area (Å²) in [5, 5.41) is 9.23. The number of rotatable bonds is 2. The van der Waals surface area contributed by atoms with E-state index in [0.29, 0.717) is 0 Å². The maximum absolute atomic E-state index is 9.23. The second-order valence-corrected chi connectivity index (χ2v) is 2.50. The molecule has 60 valence electrons. The Kier molecular flexibility index (Phi) is 2.63. The third kappa shape index (κ3) is 2.03. The Morgan fingerprint density at radius 3 is 2.73 bits per heavy atom. The average Bonchev–Trinajstić information content (AvgIpc) is 2.03. The molecule has 0 bridgehead atoms. The van der Waals surface area contributed by atoms with E-state index in [0.717, 1.165) is 11.1 Å². The van der Waals surface area contributed by atoms with Crippen molar-refractivity contribution >= 4 is 0 Å². The van der Waals surface area contributed by atoms with Gasteiger partial charge in [-0.2, -0.15) is 0 Å². The summed E-state index contributed by atoms with van der Waals surface area (Å²) >= 11 is 0. The molecule has 2 nitrogen and oxygen atoms in total. The van der Waals surface area contributed by atoms with E-state index < -0.39 is 6.29 Å². The fourth-order valence-corrected chi connectivity index (χ4v) is 0.960. The maximum atomic E-state index is 9.23. The first kappa shape index (κ1) is 8.24. The smallest absolute Gasteiger partial charge is 0.180 e. The molecule has 0 heterocycles. The lowest BCUT2D eigenvalue weighted by atomic mass is 10.1. The van der Waals surface area contributed by atoms with Crippen molar-refractivity contribution < 1.29 is 9.84 Å². The summed E-state index contributed by atoms with van der Waals surface area (Å²) in [5.74, 6) is 0. The molecule has 2 heteroatoms. The van der Waals surface area contributed by atoms with Crippen molar-refractivity contribution in [3.8, 4) is 0 Å². The Morgan fingerprint density at radius 1 is 1.45 bits per heavy atom. The van der Waals surface area contributed by atoms with E-state index in [1.54, 1.807) is 0 Å². The van der Waals surface area contributed by atoms with Gasteiger partial charge in [-0.25, -0.2) is 0 Å². The summed E-state index contributed by atoms with van der Waals surface area (Å²) < 4.78 is 4.75. The molecular weight excluding hydrogens is 140 g/mol. The second kappa shape index (κ2) is 3.51. The first-order valence-corrected chi connectivity index (χ1v) is 3.51. The van der Waals surface area contributed by atoms with Gasteiger partial charge in [-0.1, -0.05) is 29.8 Å². The molecule has 1 N–H and O–H groups in total. The van der Waals surface area contributed by atoms with Gasteiger partial charge >= 0.3 is 0 Å². The van der Waals surface area contributed by atoms with Crippen molar-refractivity contribution in [3.05, 3.63) is 35.4 Å². The molecule has 0 saturated carbocycles. The van der Waals surface area contributed by atoms with E-state index in [-0.39, 0.29) is 0 Å². The van der Waals surface area contributed by atoms with Crippen LogP contribution in [0.25, 0.3) is 0 Å². The first-order chi connectivity index (χ1) is 5.24. The summed E-state index contributed by atoms with van der Waals surface area (Å²) in [6.45, 7) is 1.98. The Morgan fingerprint density at radius 2 is 2.18 bits per heavy atom. The van der Waals surface area contributed by atoms with Crippen LogP contribution < -0.4 is 0 Å². The fourth-order valence-electron chi connectivity index (χ4n) is 0.960. The summed E-state index contributed by atoms with van der Waals surface area (Å²) in [7, 11) is 1.48. The van der Waals surface area contributed by atoms with Crippen LogP contribution in [0.15, 0.2) is 24.3 Å². The lowest BCUT2D eigenvalue weighted by Crippen LogP contribution is -1.98. The van der Waals surface area contributed by atoms with Gasteiger partial charge in [0.1, 0.15) is 0 Å². The molecule has 0 spiro atoms. The van der Waals surface area contributed by atoms with Crippen molar-refractivity contribution in [1.82, 2.24) is 0 Å². The Balaban J connectivity index is 2.86. The number of methoxy groups -OCH3 is 1. The highest BCUT2D eigenvalue weighted by Gasteiger charge is 2.03. The molecule has 1 aromatic rings. The molecule has 1 unspecified atom stereocenters. The van der Waals surface area contributed by atoms with Crippen LogP contribution in [0.2, 0.25) is 0 Å². The normalized spacial score (nSPS) is 13.0. The van der Waals surface area contributed by atoms with Crippen molar-refractivity contribution in [1.29, 1.82) is 0 Å². The van der Waals surface area contributed by atoms with Gasteiger partial charge in [-0.05, 0) is 6.92 Å². The molecule has 0 amide bonds. The molecule has 11 heavy (non-hydrogen) atoms. The van der Waals surface area contributed by atoms with Crippen molar-refractivity contribution in [3.63, 3.8) is 0 Å². The maximum Gasteiger partial charge on any atom is 0.180 e. The number of aliphatic hydroxyl groups excluding tert-OH is 1. The summed E-state index contributed by atoms with van der Waals surface area (Å²) in [6.07, 6.45) is -0.796. The molecule has 0 aliphatic heterocycles. The van der Waals surface area contributed by atoms with Crippen LogP contribution in [0.1, 0.15) is 17.4 Å². The molecule has 1 atom stereocenters. The van der Waals surface area contributed by atoms with Crippen LogP contribution >= 0.6 is 0 Å². The number of benzene rings is 1. The minimum absolute atomic E-state index is 0.796. The topological polar surface area (TPSA) is 29.5 Å². The standard InChI is InChI=1S/C9H12O2/c1-7-4-3-5-8(6-7)9(10)11-2/h3-6,9-10H,1-2H3. The Labute approximate surface area is 66.4 Å². The van der Waals surface area contributed by atoms with Crippen LogP contribution in [0, 0.1) is 6.92 Å². The van der Waals surface area contributed by atoms with Gasteiger partial charge < -0.3 is 9.84 Å². The SMILES string of the molecule is COC(O)c1cccc(C)c1. The van der Waals surface area contributed by atoms with Crippen molar-refractivity contribution in [2.24, 2.45) is 0 Å². The molecule has 0 aliphatic carbocycles. The van der Waals surface area contributed by atoms with Crippen LogP contribution in [-0.2, 0) is 4.74 Å². The lowest BCUT2D eigenvalue weighted by molar-refractivity contribution is -0.0769. The first-order valence-electron chi connectivity index (χ1n) is 3.51. The zero-order valence-corrected chi connectivity index (χ0v) is 6.74. The zero-order chi connectivity index (χ0) is 8.27. The van der Waals surface area contributed by atoms with E-state index >= 15 is 0 Å². The summed E-state index contributed by atoms with van der Waals surface area (Å²) in [5.41, 5.74) is 1.92. The van der Waals surface area contributed by atoms with E-state index in [1.165, 1.54) is 7.11 Å².